The van der Waals surface area contributed by atoms with Gasteiger partial charge in [-0.15, -0.1) is 0 Å². The van der Waals surface area contributed by atoms with Gasteiger partial charge in [0.25, 0.3) is 5.56 Å². The second-order valence-corrected chi connectivity index (χ2v) is 5.88. The fourth-order valence-corrected chi connectivity index (χ4v) is 2.77. The topological polar surface area (TPSA) is 59.3 Å². The quantitative estimate of drug-likeness (QED) is 0.561. The summed E-state index contributed by atoms with van der Waals surface area (Å²) in [7, 11) is 0. The van der Waals surface area contributed by atoms with E-state index in [0.717, 1.165) is 0 Å². The number of anilines is 1. The van der Waals surface area contributed by atoms with Gasteiger partial charge in [-0.3, -0.25) is 9.36 Å². The van der Waals surface area contributed by atoms with Crippen LogP contribution in [-0.4, -0.2) is 15.8 Å². The summed E-state index contributed by atoms with van der Waals surface area (Å²) in [5, 5.41) is 5.76. The van der Waals surface area contributed by atoms with Crippen LogP contribution in [0, 0.1) is 0 Å². The van der Waals surface area contributed by atoms with Crippen LogP contribution < -0.4 is 11.0 Å². The van der Waals surface area contributed by atoms with E-state index < -0.39 is 0 Å². The van der Waals surface area contributed by atoms with E-state index in [1.807, 2.05) is 19.1 Å². The van der Waals surface area contributed by atoms with Crippen molar-refractivity contribution in [1.82, 2.24) is 9.55 Å². The van der Waals surface area contributed by atoms with Crippen molar-refractivity contribution in [2.24, 2.45) is 5.10 Å². The Hall–Kier alpha value is -2.37. The molecule has 7 heteroatoms. The normalized spacial score (nSPS) is 11.3. The Kier molecular flexibility index (Phi) is 4.83. The Morgan fingerprint density at radius 2 is 2.04 bits per heavy atom. The minimum absolute atomic E-state index is 0.106. The highest BCUT2D eigenvalue weighted by atomic mass is 35.5. The minimum atomic E-state index is -0.106. The maximum Gasteiger partial charge on any atom is 0.262 e. The molecule has 0 aliphatic rings. The van der Waals surface area contributed by atoms with Gasteiger partial charge < -0.3 is 0 Å². The lowest BCUT2D eigenvalue weighted by atomic mass is 10.2. The number of hydrogen-bond donors (Lipinski definition) is 1. The molecule has 0 aliphatic heterocycles. The lowest BCUT2D eigenvalue weighted by Crippen LogP contribution is -2.23. The van der Waals surface area contributed by atoms with Crippen LogP contribution in [0.2, 0.25) is 10.0 Å². The van der Waals surface area contributed by atoms with Crippen molar-refractivity contribution >= 4 is 46.3 Å². The van der Waals surface area contributed by atoms with Crippen LogP contribution in [0.5, 0.6) is 0 Å². The van der Waals surface area contributed by atoms with Crippen LogP contribution in [0.3, 0.4) is 0 Å². The van der Waals surface area contributed by atoms with Crippen LogP contribution in [-0.2, 0) is 6.54 Å². The molecule has 122 valence electrons. The van der Waals surface area contributed by atoms with E-state index in [1.54, 1.807) is 36.5 Å². The molecule has 1 N–H and O–H groups in total. The predicted molar refractivity (Wildman–Crippen MR) is 99.4 cm³/mol. The Morgan fingerprint density at radius 1 is 1.25 bits per heavy atom. The van der Waals surface area contributed by atoms with E-state index in [4.69, 9.17) is 23.2 Å². The van der Waals surface area contributed by atoms with Gasteiger partial charge in [-0.1, -0.05) is 41.4 Å². The van der Waals surface area contributed by atoms with Gasteiger partial charge in [0.1, 0.15) is 0 Å². The minimum Gasteiger partial charge on any atom is -0.277 e. The number of nitrogens with zero attached hydrogens (tertiary/aromatic N) is 3. The highest BCUT2D eigenvalue weighted by Crippen LogP contribution is 2.19. The summed E-state index contributed by atoms with van der Waals surface area (Å²) in [4.78, 5) is 17.0. The molecule has 1 aromatic heterocycles. The lowest BCUT2D eigenvalue weighted by Gasteiger charge is -2.10. The highest BCUT2D eigenvalue weighted by Gasteiger charge is 2.08. The highest BCUT2D eigenvalue weighted by molar-refractivity contribution is 6.36. The molecule has 3 rings (SSSR count). The molecule has 1 heterocycles. The third-order valence-electron chi connectivity index (χ3n) is 3.51. The number of para-hydroxylation sites is 1. The average Bonchev–Trinajstić information content (AvgIpc) is 2.57. The van der Waals surface area contributed by atoms with Crippen molar-refractivity contribution < 1.29 is 0 Å². The maximum atomic E-state index is 12.5. The number of hydrogen-bond acceptors (Lipinski definition) is 4. The van der Waals surface area contributed by atoms with Gasteiger partial charge in [0.05, 0.1) is 22.1 Å². The SMILES string of the molecule is CCn1c(N/N=C\c2ccc(Cl)cc2Cl)nc2ccccc2c1=O. The number of nitrogens with one attached hydrogen (secondary N) is 1. The summed E-state index contributed by atoms with van der Waals surface area (Å²) >= 11 is 12.0. The van der Waals surface area contributed by atoms with E-state index in [-0.39, 0.29) is 5.56 Å². The molecule has 2 aromatic carbocycles. The summed E-state index contributed by atoms with van der Waals surface area (Å²) in [6.45, 7) is 2.36. The van der Waals surface area contributed by atoms with Crippen LogP contribution >= 0.6 is 23.2 Å². The molecule has 0 amide bonds. The largest absolute Gasteiger partial charge is 0.277 e. The van der Waals surface area contributed by atoms with E-state index >= 15 is 0 Å². The molecule has 0 spiro atoms. The summed E-state index contributed by atoms with van der Waals surface area (Å²) in [6.07, 6.45) is 1.56. The van der Waals surface area contributed by atoms with E-state index in [1.165, 1.54) is 4.57 Å². The van der Waals surface area contributed by atoms with Crippen LogP contribution in [0.4, 0.5) is 5.95 Å². The van der Waals surface area contributed by atoms with Gasteiger partial charge >= 0.3 is 0 Å². The Bertz CT molecular complexity index is 982. The standard InChI is InChI=1S/C17H14Cl2N4O/c1-2-23-16(24)13-5-3-4-6-15(13)21-17(23)22-20-10-11-7-8-12(18)9-14(11)19/h3-10H,2H2,1H3,(H,21,22)/b20-10-. The van der Waals surface area contributed by atoms with Gasteiger partial charge in [-0.25, -0.2) is 10.4 Å². The van der Waals surface area contributed by atoms with Gasteiger partial charge in [0, 0.05) is 17.1 Å². The third-order valence-corrected chi connectivity index (χ3v) is 4.07. The molecule has 5 nitrogen and oxygen atoms in total. The molecule has 0 saturated carbocycles. The van der Waals surface area contributed by atoms with Crippen molar-refractivity contribution in [3.8, 4) is 0 Å². The molecule has 0 saturated heterocycles. The van der Waals surface area contributed by atoms with Gasteiger partial charge in [-0.05, 0) is 31.2 Å². The fraction of sp³-hybridized carbons (Fsp3) is 0.118. The number of hydrazone groups is 1. The Balaban J connectivity index is 1.95. The number of aromatic nitrogens is 2. The molecule has 3 aromatic rings. The first-order valence-corrected chi connectivity index (χ1v) is 8.09. The summed E-state index contributed by atoms with van der Waals surface area (Å²) in [6, 6.07) is 12.3. The Labute approximate surface area is 148 Å². The Morgan fingerprint density at radius 3 is 2.79 bits per heavy atom. The third kappa shape index (κ3) is 3.27. The fourth-order valence-electron chi connectivity index (χ4n) is 2.31. The lowest BCUT2D eigenvalue weighted by molar-refractivity contribution is 0.724. The maximum absolute atomic E-state index is 12.5. The smallest absolute Gasteiger partial charge is 0.262 e. The molecular weight excluding hydrogens is 347 g/mol. The molecule has 0 bridgehead atoms. The first kappa shape index (κ1) is 16.5. The van der Waals surface area contributed by atoms with Crippen LogP contribution in [0.25, 0.3) is 10.9 Å². The van der Waals surface area contributed by atoms with Crippen LogP contribution in [0.1, 0.15) is 12.5 Å². The first-order chi connectivity index (χ1) is 11.6. The van der Waals surface area contributed by atoms with Gasteiger partial charge in [-0.2, -0.15) is 5.10 Å². The second-order valence-electron chi connectivity index (χ2n) is 5.04. The monoisotopic (exact) mass is 360 g/mol. The number of fused-ring (bicyclic) bond motifs is 1. The summed E-state index contributed by atoms with van der Waals surface area (Å²) < 4.78 is 1.53. The van der Waals surface area contributed by atoms with E-state index in [0.29, 0.717) is 39.0 Å². The first-order valence-electron chi connectivity index (χ1n) is 7.34. The zero-order valence-electron chi connectivity index (χ0n) is 12.8. The zero-order valence-corrected chi connectivity index (χ0v) is 14.3. The van der Waals surface area contributed by atoms with Crippen molar-refractivity contribution in [1.29, 1.82) is 0 Å². The number of halogens is 2. The molecule has 0 unspecified atom stereocenters. The predicted octanol–water partition coefficient (Wildman–Crippen LogP) is 4.17. The molecular formula is C17H14Cl2N4O. The van der Waals surface area contributed by atoms with Crippen molar-refractivity contribution in [3.63, 3.8) is 0 Å². The zero-order chi connectivity index (χ0) is 17.1. The van der Waals surface area contributed by atoms with Gasteiger partial charge in [0.2, 0.25) is 5.95 Å². The number of benzene rings is 2. The van der Waals surface area contributed by atoms with Crippen LogP contribution in [0.15, 0.2) is 52.4 Å². The molecule has 0 atom stereocenters. The van der Waals surface area contributed by atoms with Crippen molar-refractivity contribution in [3.05, 3.63) is 68.4 Å². The second kappa shape index (κ2) is 7.03. The van der Waals surface area contributed by atoms with Crippen molar-refractivity contribution in [2.75, 3.05) is 5.43 Å². The molecule has 0 aliphatic carbocycles. The van der Waals surface area contributed by atoms with E-state index in [9.17, 15) is 4.79 Å². The van der Waals surface area contributed by atoms with Crippen molar-refractivity contribution in [2.45, 2.75) is 13.5 Å². The number of rotatable bonds is 4. The average molecular weight is 361 g/mol. The van der Waals surface area contributed by atoms with Gasteiger partial charge in [0.15, 0.2) is 0 Å². The summed E-state index contributed by atoms with van der Waals surface area (Å²) in [5.74, 6) is 0.377. The molecule has 24 heavy (non-hydrogen) atoms. The van der Waals surface area contributed by atoms with E-state index in [2.05, 4.69) is 15.5 Å². The molecule has 0 fully saturated rings. The molecule has 0 radical (unpaired) electrons. The summed E-state index contributed by atoms with van der Waals surface area (Å²) in [5.41, 5.74) is 4.04.